The second-order valence-corrected chi connectivity index (χ2v) is 5.58. The van der Waals surface area contributed by atoms with Crippen LogP contribution in [-0.4, -0.2) is 49.7 Å². The molecule has 0 saturated carbocycles. The van der Waals surface area contributed by atoms with E-state index in [1.807, 2.05) is 0 Å². The van der Waals surface area contributed by atoms with Crippen molar-refractivity contribution in [3.63, 3.8) is 0 Å². The summed E-state index contributed by atoms with van der Waals surface area (Å²) in [6.07, 6.45) is 2.04. The lowest BCUT2D eigenvalue weighted by molar-refractivity contribution is -0.144. The molecule has 18 heavy (non-hydrogen) atoms. The quantitative estimate of drug-likeness (QED) is 0.845. The molecular weight excluding hydrogens is 252 g/mol. The molecule has 0 spiro atoms. The third kappa shape index (κ3) is 3.84. The van der Waals surface area contributed by atoms with Gasteiger partial charge in [-0.05, 0) is 25.3 Å². The number of amides is 1. The number of morpholine rings is 1. The number of halogens is 1. The molecule has 4 nitrogen and oxygen atoms in total. The van der Waals surface area contributed by atoms with Crippen LogP contribution in [0.25, 0.3) is 0 Å². The van der Waals surface area contributed by atoms with Crippen molar-refractivity contribution in [2.75, 3.05) is 32.8 Å². The van der Waals surface area contributed by atoms with Crippen molar-refractivity contribution in [1.29, 1.82) is 0 Å². The average Bonchev–Trinajstić information content (AvgIpc) is 2.81. The molecule has 2 atom stereocenters. The highest BCUT2D eigenvalue weighted by molar-refractivity contribution is 5.85. The van der Waals surface area contributed by atoms with Gasteiger partial charge in [-0.15, -0.1) is 12.4 Å². The first-order valence-corrected chi connectivity index (χ1v) is 6.77. The van der Waals surface area contributed by atoms with E-state index in [1.54, 1.807) is 0 Å². The van der Waals surface area contributed by atoms with Crippen LogP contribution in [0.3, 0.4) is 0 Å². The zero-order valence-corrected chi connectivity index (χ0v) is 12.2. The second kappa shape index (κ2) is 7.31. The van der Waals surface area contributed by atoms with Crippen LogP contribution in [0, 0.1) is 11.8 Å². The van der Waals surface area contributed by atoms with Crippen LogP contribution >= 0.6 is 12.4 Å². The SMILES string of the molecule is CC(C)CC1COCCN1C(=O)C1CCNC1.Cl. The number of rotatable bonds is 3. The van der Waals surface area contributed by atoms with Gasteiger partial charge in [-0.25, -0.2) is 0 Å². The van der Waals surface area contributed by atoms with Gasteiger partial charge in [-0.2, -0.15) is 0 Å². The van der Waals surface area contributed by atoms with Crippen molar-refractivity contribution in [2.45, 2.75) is 32.7 Å². The van der Waals surface area contributed by atoms with E-state index >= 15 is 0 Å². The smallest absolute Gasteiger partial charge is 0.227 e. The van der Waals surface area contributed by atoms with E-state index in [0.717, 1.165) is 32.5 Å². The van der Waals surface area contributed by atoms with E-state index in [-0.39, 0.29) is 24.4 Å². The van der Waals surface area contributed by atoms with Crippen molar-refractivity contribution in [3.8, 4) is 0 Å². The molecule has 0 aromatic carbocycles. The molecule has 0 aromatic heterocycles. The average molecular weight is 277 g/mol. The van der Waals surface area contributed by atoms with Crippen LogP contribution in [0.15, 0.2) is 0 Å². The Balaban J connectivity index is 0.00000162. The van der Waals surface area contributed by atoms with Crippen LogP contribution in [0.2, 0.25) is 0 Å². The maximum absolute atomic E-state index is 12.4. The summed E-state index contributed by atoms with van der Waals surface area (Å²) in [7, 11) is 0. The predicted molar refractivity (Wildman–Crippen MR) is 74.0 cm³/mol. The summed E-state index contributed by atoms with van der Waals surface area (Å²) < 4.78 is 5.52. The lowest BCUT2D eigenvalue weighted by Crippen LogP contribution is -2.51. The Hall–Kier alpha value is -0.320. The Morgan fingerprint density at radius 3 is 2.89 bits per heavy atom. The molecule has 106 valence electrons. The molecule has 2 fully saturated rings. The van der Waals surface area contributed by atoms with E-state index in [2.05, 4.69) is 24.1 Å². The molecule has 0 aliphatic carbocycles. The lowest BCUT2D eigenvalue weighted by Gasteiger charge is -2.38. The number of hydrogen-bond acceptors (Lipinski definition) is 3. The summed E-state index contributed by atoms with van der Waals surface area (Å²) in [4.78, 5) is 14.5. The molecule has 1 amide bonds. The van der Waals surface area contributed by atoms with E-state index in [9.17, 15) is 4.79 Å². The summed E-state index contributed by atoms with van der Waals surface area (Å²) in [5.74, 6) is 1.14. The fraction of sp³-hybridized carbons (Fsp3) is 0.923. The molecule has 0 bridgehead atoms. The summed E-state index contributed by atoms with van der Waals surface area (Å²) in [5.41, 5.74) is 0. The minimum atomic E-state index is 0. The first kappa shape index (κ1) is 15.7. The molecule has 2 aliphatic rings. The number of carbonyl (C=O) groups excluding carboxylic acids is 1. The maximum atomic E-state index is 12.4. The van der Waals surface area contributed by atoms with Gasteiger partial charge < -0.3 is 15.0 Å². The van der Waals surface area contributed by atoms with Gasteiger partial charge in [0.1, 0.15) is 0 Å². The number of carbonyl (C=O) groups is 1. The number of nitrogens with zero attached hydrogens (tertiary/aromatic N) is 1. The molecule has 2 aliphatic heterocycles. The highest BCUT2D eigenvalue weighted by Crippen LogP contribution is 2.20. The van der Waals surface area contributed by atoms with Gasteiger partial charge in [0, 0.05) is 13.1 Å². The highest BCUT2D eigenvalue weighted by Gasteiger charge is 2.33. The van der Waals surface area contributed by atoms with Crippen molar-refractivity contribution in [1.82, 2.24) is 10.2 Å². The third-order valence-corrected chi connectivity index (χ3v) is 3.66. The summed E-state index contributed by atoms with van der Waals surface area (Å²) in [6, 6.07) is 0.289. The largest absolute Gasteiger partial charge is 0.377 e. The van der Waals surface area contributed by atoms with E-state index < -0.39 is 0 Å². The van der Waals surface area contributed by atoms with E-state index in [1.165, 1.54) is 0 Å². The van der Waals surface area contributed by atoms with Crippen LogP contribution in [0.5, 0.6) is 0 Å². The standard InChI is InChI=1S/C13H24N2O2.ClH/c1-10(2)7-12-9-17-6-5-15(12)13(16)11-3-4-14-8-11;/h10-12,14H,3-9H2,1-2H3;1H. The van der Waals surface area contributed by atoms with Gasteiger partial charge >= 0.3 is 0 Å². The minimum Gasteiger partial charge on any atom is -0.377 e. The Labute approximate surface area is 116 Å². The molecule has 0 aromatic rings. The molecule has 2 rings (SSSR count). The van der Waals surface area contributed by atoms with Gasteiger partial charge in [0.25, 0.3) is 0 Å². The molecular formula is C13H25ClN2O2. The van der Waals surface area contributed by atoms with Crippen molar-refractivity contribution < 1.29 is 9.53 Å². The van der Waals surface area contributed by atoms with Crippen molar-refractivity contribution >= 4 is 18.3 Å². The van der Waals surface area contributed by atoms with Gasteiger partial charge in [-0.3, -0.25) is 4.79 Å². The lowest BCUT2D eigenvalue weighted by atomic mass is 9.99. The van der Waals surface area contributed by atoms with E-state index in [0.29, 0.717) is 25.0 Å². The monoisotopic (exact) mass is 276 g/mol. The zero-order chi connectivity index (χ0) is 12.3. The molecule has 2 unspecified atom stereocenters. The number of ether oxygens (including phenoxy) is 1. The van der Waals surface area contributed by atoms with Crippen molar-refractivity contribution in [3.05, 3.63) is 0 Å². The first-order valence-electron chi connectivity index (χ1n) is 6.77. The van der Waals surface area contributed by atoms with Gasteiger partial charge in [0.15, 0.2) is 0 Å². The topological polar surface area (TPSA) is 41.6 Å². The fourth-order valence-electron chi connectivity index (χ4n) is 2.78. The fourth-order valence-corrected chi connectivity index (χ4v) is 2.78. The van der Waals surface area contributed by atoms with Crippen LogP contribution in [0.4, 0.5) is 0 Å². The Morgan fingerprint density at radius 2 is 2.28 bits per heavy atom. The minimum absolute atomic E-state index is 0. The molecule has 5 heteroatoms. The van der Waals surface area contributed by atoms with Gasteiger partial charge in [-0.1, -0.05) is 13.8 Å². The van der Waals surface area contributed by atoms with Crippen molar-refractivity contribution in [2.24, 2.45) is 11.8 Å². The van der Waals surface area contributed by atoms with E-state index in [4.69, 9.17) is 4.74 Å². The molecule has 0 radical (unpaired) electrons. The Bertz CT molecular complexity index is 268. The summed E-state index contributed by atoms with van der Waals surface area (Å²) in [5, 5.41) is 3.27. The first-order chi connectivity index (χ1) is 8.18. The van der Waals surface area contributed by atoms with Crippen LogP contribution in [0.1, 0.15) is 26.7 Å². The third-order valence-electron chi connectivity index (χ3n) is 3.66. The second-order valence-electron chi connectivity index (χ2n) is 5.58. The van der Waals surface area contributed by atoms with Gasteiger partial charge in [0.2, 0.25) is 5.91 Å². The number of nitrogens with one attached hydrogen (secondary N) is 1. The van der Waals surface area contributed by atoms with Crippen LogP contribution < -0.4 is 5.32 Å². The Kier molecular flexibility index (Phi) is 6.39. The predicted octanol–water partition coefficient (Wildman–Crippen LogP) is 1.29. The molecule has 2 heterocycles. The van der Waals surface area contributed by atoms with Crippen LogP contribution in [-0.2, 0) is 9.53 Å². The summed E-state index contributed by atoms with van der Waals surface area (Å²) in [6.45, 7) is 8.42. The highest BCUT2D eigenvalue weighted by atomic mass is 35.5. The number of hydrogen-bond donors (Lipinski definition) is 1. The van der Waals surface area contributed by atoms with Gasteiger partial charge in [0.05, 0.1) is 25.2 Å². The Morgan fingerprint density at radius 1 is 1.50 bits per heavy atom. The normalized spacial score (nSPS) is 28.3. The summed E-state index contributed by atoms with van der Waals surface area (Å²) >= 11 is 0. The molecule has 2 saturated heterocycles. The zero-order valence-electron chi connectivity index (χ0n) is 11.4. The maximum Gasteiger partial charge on any atom is 0.227 e. The molecule has 1 N–H and O–H groups in total.